The highest BCUT2D eigenvalue weighted by atomic mass is 15.2. The first kappa shape index (κ1) is 50.3. The summed E-state index contributed by atoms with van der Waals surface area (Å²) in [4.78, 5) is 4.74. The lowest BCUT2D eigenvalue weighted by Gasteiger charge is -2.28. The van der Waals surface area contributed by atoms with Gasteiger partial charge in [0.05, 0.1) is 0 Å². The second kappa shape index (κ2) is 24.2. The molecule has 0 heterocycles. The molecule has 0 saturated heterocycles. The van der Waals surface area contributed by atoms with E-state index in [0.717, 1.165) is 49.2 Å². The molecular formula is C77H64N2. The SMILES string of the molecule is C1=CCC(N(c2ccccc2)c2ccc(-c3ccc(N(c4ccccc4)c4ccc(-c5ccc(CC(Cc6ccccc6)c6ccc(-c7ccc(C(c8ccccc8)c8ccccc8)cc7)cc6)cc5)cc4)cc3)cc2)=CCC1. The Bertz CT molecular complexity index is 3680. The number of rotatable bonds is 17. The molecule has 2 heteroatoms. The van der Waals surface area contributed by atoms with Crippen molar-refractivity contribution in [3.05, 3.63) is 355 Å². The van der Waals surface area contributed by atoms with E-state index in [0.29, 0.717) is 5.92 Å². The van der Waals surface area contributed by atoms with E-state index in [1.807, 2.05) is 0 Å². The quantitative estimate of drug-likeness (QED) is 0.0662. The Morgan fingerprint density at radius 2 is 0.595 bits per heavy atom. The molecule has 1 atom stereocenters. The molecule has 1 unspecified atom stereocenters. The van der Waals surface area contributed by atoms with E-state index in [-0.39, 0.29) is 5.92 Å². The molecule has 0 fully saturated rings. The molecule has 12 rings (SSSR count). The summed E-state index contributed by atoms with van der Waals surface area (Å²) in [6.07, 6.45) is 12.0. The van der Waals surface area contributed by atoms with Gasteiger partial charge < -0.3 is 9.80 Å². The van der Waals surface area contributed by atoms with Crippen LogP contribution in [0, 0.1) is 0 Å². The van der Waals surface area contributed by atoms with E-state index < -0.39 is 0 Å². The summed E-state index contributed by atoms with van der Waals surface area (Å²) < 4.78 is 0. The van der Waals surface area contributed by atoms with Crippen LogP contribution in [0.1, 0.15) is 64.5 Å². The van der Waals surface area contributed by atoms with Crippen LogP contribution in [0.2, 0.25) is 0 Å². The van der Waals surface area contributed by atoms with Crippen molar-refractivity contribution in [2.24, 2.45) is 0 Å². The van der Waals surface area contributed by atoms with Crippen LogP contribution in [-0.2, 0) is 12.8 Å². The average molecular weight is 1020 g/mol. The monoisotopic (exact) mass is 1020 g/mol. The van der Waals surface area contributed by atoms with Crippen molar-refractivity contribution in [3.63, 3.8) is 0 Å². The van der Waals surface area contributed by atoms with Gasteiger partial charge in [0.2, 0.25) is 0 Å². The fraction of sp³-hybridized carbons (Fsp3) is 0.0909. The number of benzene rings is 11. The molecule has 0 aromatic heterocycles. The van der Waals surface area contributed by atoms with Crippen molar-refractivity contribution < 1.29 is 0 Å². The molecular weight excluding hydrogens is 953 g/mol. The fourth-order valence-corrected chi connectivity index (χ4v) is 11.4. The normalized spacial score (nSPS) is 12.6. The molecule has 0 spiro atoms. The van der Waals surface area contributed by atoms with Crippen LogP contribution in [0.15, 0.2) is 321 Å². The smallest absolute Gasteiger partial charge is 0.0462 e. The highest BCUT2D eigenvalue weighted by Crippen LogP contribution is 2.39. The van der Waals surface area contributed by atoms with Gasteiger partial charge in [0.15, 0.2) is 0 Å². The number of hydrogen-bond acceptors (Lipinski definition) is 2. The average Bonchev–Trinajstić information content (AvgIpc) is 3.82. The first-order valence-corrected chi connectivity index (χ1v) is 28.0. The van der Waals surface area contributed by atoms with Crippen LogP contribution < -0.4 is 9.80 Å². The second-order valence-electron chi connectivity index (χ2n) is 20.7. The van der Waals surface area contributed by atoms with Gasteiger partial charge in [-0.05, 0) is 159 Å². The fourth-order valence-electron chi connectivity index (χ4n) is 11.4. The van der Waals surface area contributed by atoms with E-state index in [9.17, 15) is 0 Å². The number of nitrogens with zero attached hydrogens (tertiary/aromatic N) is 2. The maximum atomic E-state index is 2.40. The Morgan fingerprint density at radius 1 is 0.266 bits per heavy atom. The van der Waals surface area contributed by atoms with Gasteiger partial charge in [0.25, 0.3) is 0 Å². The minimum atomic E-state index is 0.181. The first-order chi connectivity index (χ1) is 39.2. The third-order valence-electron chi connectivity index (χ3n) is 15.6. The molecule has 11 aromatic carbocycles. The van der Waals surface area contributed by atoms with Gasteiger partial charge in [-0.3, -0.25) is 0 Å². The van der Waals surface area contributed by atoms with Crippen LogP contribution in [0.25, 0.3) is 33.4 Å². The summed E-state index contributed by atoms with van der Waals surface area (Å²) in [5.74, 6) is 0.503. The topological polar surface area (TPSA) is 6.48 Å². The zero-order valence-corrected chi connectivity index (χ0v) is 44.6. The van der Waals surface area contributed by atoms with Crippen LogP contribution in [0.3, 0.4) is 0 Å². The van der Waals surface area contributed by atoms with Crippen molar-refractivity contribution in [3.8, 4) is 33.4 Å². The zero-order chi connectivity index (χ0) is 53.0. The largest absolute Gasteiger partial charge is 0.314 e. The highest BCUT2D eigenvalue weighted by molar-refractivity contribution is 5.80. The summed E-state index contributed by atoms with van der Waals surface area (Å²) in [6.45, 7) is 0. The molecule has 0 N–H and O–H groups in total. The van der Waals surface area contributed by atoms with Gasteiger partial charge in [0, 0.05) is 46.5 Å². The summed E-state index contributed by atoms with van der Waals surface area (Å²) in [7, 11) is 0. The van der Waals surface area contributed by atoms with Gasteiger partial charge in [0.1, 0.15) is 0 Å². The Balaban J connectivity index is 0.746. The molecule has 0 aliphatic heterocycles. The van der Waals surface area contributed by atoms with Crippen molar-refractivity contribution >= 4 is 28.4 Å². The van der Waals surface area contributed by atoms with Crippen LogP contribution >= 0.6 is 0 Å². The third kappa shape index (κ3) is 11.9. The van der Waals surface area contributed by atoms with Crippen LogP contribution in [-0.4, -0.2) is 0 Å². The first-order valence-electron chi connectivity index (χ1n) is 28.0. The molecule has 0 amide bonds. The van der Waals surface area contributed by atoms with Gasteiger partial charge >= 0.3 is 0 Å². The Hall–Kier alpha value is -9.50. The molecule has 2 nitrogen and oxygen atoms in total. The maximum Gasteiger partial charge on any atom is 0.0462 e. The lowest BCUT2D eigenvalue weighted by Crippen LogP contribution is -2.16. The molecule has 382 valence electrons. The molecule has 11 aromatic rings. The van der Waals surface area contributed by atoms with Gasteiger partial charge in [-0.2, -0.15) is 0 Å². The number of hydrogen-bond donors (Lipinski definition) is 0. The molecule has 0 bridgehead atoms. The Labute approximate surface area is 467 Å². The lowest BCUT2D eigenvalue weighted by molar-refractivity contribution is 0.680. The molecule has 0 saturated carbocycles. The summed E-state index contributed by atoms with van der Waals surface area (Å²) in [6, 6.07) is 109. The van der Waals surface area contributed by atoms with Crippen LogP contribution in [0.5, 0.6) is 0 Å². The predicted octanol–water partition coefficient (Wildman–Crippen LogP) is 20.7. The maximum absolute atomic E-state index is 2.40. The molecule has 1 aliphatic carbocycles. The van der Waals surface area contributed by atoms with E-state index >= 15 is 0 Å². The van der Waals surface area contributed by atoms with Crippen molar-refractivity contribution in [2.45, 2.75) is 43.9 Å². The van der Waals surface area contributed by atoms with Gasteiger partial charge in [-0.15, -0.1) is 0 Å². The Morgan fingerprint density at radius 3 is 1.05 bits per heavy atom. The highest BCUT2D eigenvalue weighted by Gasteiger charge is 2.20. The van der Waals surface area contributed by atoms with Crippen molar-refractivity contribution in [1.82, 2.24) is 0 Å². The molecule has 0 radical (unpaired) electrons. The van der Waals surface area contributed by atoms with E-state index in [1.54, 1.807) is 0 Å². The van der Waals surface area contributed by atoms with Crippen LogP contribution in [0.4, 0.5) is 28.4 Å². The lowest BCUT2D eigenvalue weighted by atomic mass is 9.84. The Kier molecular flexibility index (Phi) is 15.4. The van der Waals surface area contributed by atoms with Crippen molar-refractivity contribution in [2.75, 3.05) is 9.80 Å². The number of para-hydroxylation sites is 2. The molecule has 1 aliphatic rings. The number of anilines is 5. The van der Waals surface area contributed by atoms with E-state index in [2.05, 4.69) is 325 Å². The number of allylic oxidation sites excluding steroid dienone is 3. The summed E-state index contributed by atoms with van der Waals surface area (Å²) >= 11 is 0. The second-order valence-corrected chi connectivity index (χ2v) is 20.7. The third-order valence-corrected chi connectivity index (χ3v) is 15.6. The van der Waals surface area contributed by atoms with Gasteiger partial charge in [-0.25, -0.2) is 0 Å². The summed E-state index contributed by atoms with van der Waals surface area (Å²) in [5.41, 5.74) is 22.2. The van der Waals surface area contributed by atoms with Gasteiger partial charge in [-0.1, -0.05) is 255 Å². The molecule has 79 heavy (non-hydrogen) atoms. The summed E-state index contributed by atoms with van der Waals surface area (Å²) in [5, 5.41) is 0. The van der Waals surface area contributed by atoms with E-state index in [1.165, 1.54) is 83.8 Å². The minimum Gasteiger partial charge on any atom is -0.314 e. The van der Waals surface area contributed by atoms with Crippen molar-refractivity contribution in [1.29, 1.82) is 0 Å². The minimum absolute atomic E-state index is 0.181. The zero-order valence-electron chi connectivity index (χ0n) is 44.6. The predicted molar refractivity (Wildman–Crippen MR) is 334 cm³/mol. The standard InChI is InChI=1S/C77H64N2/c1-2-15-27-71(26-14-1)78(72-28-16-6-17-29-72)74-50-46-64(47-51-74)65-48-54-76(55-49-65)79(73-30-18-7-19-31-73)75-52-44-63(45-53-75)60-34-32-59(33-35-60)57-70(56-58-20-8-3-9-21-58)66-38-36-61(37-39-66)62-40-42-69(43-41-62)77(67-22-10-4-11-23-67)68-24-12-5-13-25-68/h1,3-14,16-25,27-55,70,77H,2,15,26,56-57H2. The van der Waals surface area contributed by atoms with E-state index in [4.69, 9.17) is 0 Å².